The summed E-state index contributed by atoms with van der Waals surface area (Å²) in [5, 5.41) is 37.6. The van der Waals surface area contributed by atoms with Crippen molar-refractivity contribution in [3.05, 3.63) is 29.3 Å². The van der Waals surface area contributed by atoms with Gasteiger partial charge in [-0.1, -0.05) is 6.07 Å². The van der Waals surface area contributed by atoms with Gasteiger partial charge in [-0.25, -0.2) is 4.79 Å². The lowest BCUT2D eigenvalue weighted by Gasteiger charge is -2.35. The number of hydrogen-bond acceptors (Lipinski definition) is 8. The van der Waals surface area contributed by atoms with E-state index in [4.69, 9.17) is 24.4 Å². The number of carbonyl (C=O) groups excluding carboxylic acids is 1. The number of ether oxygens (including phenoxy) is 3. The Morgan fingerprint density at radius 2 is 2.04 bits per heavy atom. The zero-order chi connectivity index (χ0) is 20.0. The molecule has 150 valence electrons. The number of aliphatic hydroxyl groups is 3. The SMILES string of the molecule is CC(=O)OCc1cc(CCCO)ccc1O[C@H]1C[C@@H](O)[C@H](O)[C@@H](C(=O)O)O1. The molecule has 27 heavy (non-hydrogen) atoms. The van der Waals surface area contributed by atoms with Crippen LogP contribution >= 0.6 is 0 Å². The van der Waals surface area contributed by atoms with Gasteiger partial charge in [0.25, 0.3) is 0 Å². The average Bonchev–Trinajstić information content (AvgIpc) is 2.62. The number of aryl methyl sites for hydroxylation is 1. The summed E-state index contributed by atoms with van der Waals surface area (Å²) in [5.74, 6) is -1.57. The summed E-state index contributed by atoms with van der Waals surface area (Å²) in [5.41, 5.74) is 1.44. The van der Waals surface area contributed by atoms with Gasteiger partial charge in [0, 0.05) is 25.5 Å². The fraction of sp³-hybridized carbons (Fsp3) is 0.556. The first-order valence-electron chi connectivity index (χ1n) is 8.59. The number of aliphatic carboxylic acids is 1. The lowest BCUT2D eigenvalue weighted by Crippen LogP contribution is -2.53. The fourth-order valence-electron chi connectivity index (χ4n) is 2.74. The van der Waals surface area contributed by atoms with Crippen LogP contribution in [0.3, 0.4) is 0 Å². The molecule has 1 heterocycles. The highest BCUT2D eigenvalue weighted by Gasteiger charge is 2.42. The topological polar surface area (TPSA) is 143 Å². The van der Waals surface area contributed by atoms with Gasteiger partial charge in [0.1, 0.15) is 18.5 Å². The zero-order valence-electron chi connectivity index (χ0n) is 14.9. The van der Waals surface area contributed by atoms with Crippen LogP contribution in [0.2, 0.25) is 0 Å². The summed E-state index contributed by atoms with van der Waals surface area (Å²) in [6.07, 6.45) is -4.50. The number of hydrogen-bond donors (Lipinski definition) is 4. The van der Waals surface area contributed by atoms with Crippen molar-refractivity contribution in [2.45, 2.75) is 57.4 Å². The number of carbonyl (C=O) groups is 2. The van der Waals surface area contributed by atoms with E-state index in [1.54, 1.807) is 18.2 Å². The maximum atomic E-state index is 11.2. The predicted octanol–water partition coefficient (Wildman–Crippen LogP) is -0.0252. The normalized spacial score (nSPS) is 25.0. The van der Waals surface area contributed by atoms with Gasteiger partial charge in [0.05, 0.1) is 6.10 Å². The van der Waals surface area contributed by atoms with Crippen LogP contribution in [-0.2, 0) is 32.1 Å². The third-order valence-corrected chi connectivity index (χ3v) is 4.12. The Morgan fingerprint density at radius 1 is 1.30 bits per heavy atom. The van der Waals surface area contributed by atoms with Gasteiger partial charge in [-0.15, -0.1) is 0 Å². The Bertz CT molecular complexity index is 660. The van der Waals surface area contributed by atoms with Crippen molar-refractivity contribution in [2.24, 2.45) is 0 Å². The molecule has 0 spiro atoms. The van der Waals surface area contributed by atoms with Gasteiger partial charge in [0.15, 0.2) is 6.10 Å². The Kier molecular flexibility index (Phi) is 7.55. The van der Waals surface area contributed by atoms with Gasteiger partial charge < -0.3 is 34.6 Å². The van der Waals surface area contributed by atoms with Crippen molar-refractivity contribution in [2.75, 3.05) is 6.61 Å². The van der Waals surface area contributed by atoms with E-state index in [0.717, 1.165) is 5.56 Å². The number of carboxylic acid groups (broad SMARTS) is 1. The van der Waals surface area contributed by atoms with Crippen LogP contribution < -0.4 is 4.74 Å². The molecule has 1 aliphatic rings. The van der Waals surface area contributed by atoms with Crippen molar-refractivity contribution in [3.63, 3.8) is 0 Å². The van der Waals surface area contributed by atoms with E-state index in [-0.39, 0.29) is 19.6 Å². The lowest BCUT2D eigenvalue weighted by molar-refractivity contribution is -0.228. The number of rotatable bonds is 8. The quantitative estimate of drug-likeness (QED) is 0.455. The molecule has 0 amide bonds. The monoisotopic (exact) mass is 384 g/mol. The highest BCUT2D eigenvalue weighted by molar-refractivity contribution is 5.73. The predicted molar refractivity (Wildman–Crippen MR) is 90.9 cm³/mol. The minimum atomic E-state index is -1.61. The van der Waals surface area contributed by atoms with Crippen molar-refractivity contribution >= 4 is 11.9 Å². The van der Waals surface area contributed by atoms with Crippen molar-refractivity contribution in [1.82, 2.24) is 0 Å². The molecule has 4 atom stereocenters. The van der Waals surface area contributed by atoms with E-state index in [1.165, 1.54) is 6.92 Å². The summed E-state index contributed by atoms with van der Waals surface area (Å²) in [6, 6.07) is 5.16. The molecule has 1 aromatic carbocycles. The van der Waals surface area contributed by atoms with E-state index >= 15 is 0 Å². The zero-order valence-corrected chi connectivity index (χ0v) is 14.9. The summed E-state index contributed by atoms with van der Waals surface area (Å²) in [6.45, 7) is 1.26. The Morgan fingerprint density at radius 3 is 2.67 bits per heavy atom. The van der Waals surface area contributed by atoms with E-state index in [2.05, 4.69) is 0 Å². The second-order valence-corrected chi connectivity index (χ2v) is 6.29. The van der Waals surface area contributed by atoms with Crippen LogP contribution in [-0.4, -0.2) is 63.6 Å². The molecule has 4 N–H and O–H groups in total. The largest absolute Gasteiger partial charge is 0.479 e. The highest BCUT2D eigenvalue weighted by atomic mass is 16.7. The van der Waals surface area contributed by atoms with Gasteiger partial charge in [0.2, 0.25) is 6.29 Å². The second kappa shape index (κ2) is 9.65. The molecule has 9 heteroatoms. The Labute approximate surface area is 156 Å². The van der Waals surface area contributed by atoms with E-state index in [1.807, 2.05) is 0 Å². The molecule has 1 aromatic rings. The van der Waals surface area contributed by atoms with Crippen molar-refractivity contribution in [3.8, 4) is 5.75 Å². The third-order valence-electron chi connectivity index (χ3n) is 4.12. The van der Waals surface area contributed by atoms with Crippen LogP contribution in [0, 0.1) is 0 Å². The van der Waals surface area contributed by atoms with E-state index in [0.29, 0.717) is 24.2 Å². The van der Waals surface area contributed by atoms with E-state index < -0.39 is 36.5 Å². The molecule has 2 rings (SSSR count). The summed E-state index contributed by atoms with van der Waals surface area (Å²) >= 11 is 0. The molecule has 0 bridgehead atoms. The van der Waals surface area contributed by atoms with Crippen molar-refractivity contribution < 1.29 is 44.2 Å². The molecule has 0 radical (unpaired) electrons. The number of esters is 1. The van der Waals surface area contributed by atoms with Crippen LogP contribution in [0.25, 0.3) is 0 Å². The first-order chi connectivity index (χ1) is 12.8. The molecular weight excluding hydrogens is 360 g/mol. The minimum Gasteiger partial charge on any atom is -0.479 e. The van der Waals surface area contributed by atoms with E-state index in [9.17, 15) is 19.8 Å². The van der Waals surface area contributed by atoms with Crippen LogP contribution in [0.1, 0.15) is 30.9 Å². The average molecular weight is 384 g/mol. The summed E-state index contributed by atoms with van der Waals surface area (Å²) < 4.78 is 15.9. The number of carboxylic acids is 1. The van der Waals surface area contributed by atoms with Gasteiger partial charge in [-0.05, 0) is 30.5 Å². The maximum Gasteiger partial charge on any atom is 0.335 e. The molecule has 1 aliphatic heterocycles. The molecule has 0 saturated carbocycles. The molecule has 0 unspecified atom stereocenters. The molecule has 9 nitrogen and oxygen atoms in total. The highest BCUT2D eigenvalue weighted by Crippen LogP contribution is 2.28. The van der Waals surface area contributed by atoms with Crippen molar-refractivity contribution in [1.29, 1.82) is 0 Å². The van der Waals surface area contributed by atoms with Crippen LogP contribution in [0.4, 0.5) is 0 Å². The molecule has 0 aromatic heterocycles. The molecule has 1 saturated heterocycles. The first-order valence-corrected chi connectivity index (χ1v) is 8.59. The smallest absolute Gasteiger partial charge is 0.335 e. The number of benzene rings is 1. The summed E-state index contributed by atoms with van der Waals surface area (Å²) in [4.78, 5) is 22.3. The fourth-order valence-corrected chi connectivity index (χ4v) is 2.74. The molecule has 0 aliphatic carbocycles. The maximum absolute atomic E-state index is 11.2. The molecule has 1 fully saturated rings. The van der Waals surface area contributed by atoms with Crippen LogP contribution in [0.15, 0.2) is 18.2 Å². The minimum absolute atomic E-state index is 0.0459. The summed E-state index contributed by atoms with van der Waals surface area (Å²) in [7, 11) is 0. The Hall–Kier alpha value is -2.20. The first kappa shape index (κ1) is 21.1. The van der Waals surface area contributed by atoms with Gasteiger partial charge in [-0.3, -0.25) is 4.79 Å². The Balaban J connectivity index is 2.17. The second-order valence-electron chi connectivity index (χ2n) is 6.29. The van der Waals surface area contributed by atoms with Gasteiger partial charge >= 0.3 is 11.9 Å². The molecular formula is C18H24O9. The third kappa shape index (κ3) is 5.90. The lowest BCUT2D eigenvalue weighted by atomic mass is 10.0. The van der Waals surface area contributed by atoms with Gasteiger partial charge in [-0.2, -0.15) is 0 Å². The standard InChI is InChI=1S/C18H24O9/c1-10(20)25-9-12-7-11(3-2-6-19)4-5-14(12)26-15-8-13(21)16(22)17(27-15)18(23)24/h4-5,7,13,15-17,19,21-22H,2-3,6,8-9H2,1H3,(H,23,24)/t13-,15-,16+,17+/m1/s1. The van der Waals surface area contributed by atoms with Crippen LogP contribution in [0.5, 0.6) is 5.75 Å². The number of aliphatic hydroxyl groups excluding tert-OH is 3.